The summed E-state index contributed by atoms with van der Waals surface area (Å²) >= 11 is 9.50. The Morgan fingerprint density at radius 1 is 1.32 bits per heavy atom. The third kappa shape index (κ3) is 6.26. The predicted molar refractivity (Wildman–Crippen MR) is 87.8 cm³/mol. The van der Waals surface area contributed by atoms with E-state index < -0.39 is 0 Å². The first-order valence-electron chi connectivity index (χ1n) is 6.71. The summed E-state index contributed by atoms with van der Waals surface area (Å²) in [5, 5.41) is 4.29. The highest BCUT2D eigenvalue weighted by molar-refractivity contribution is 9.10. The molecule has 0 radical (unpaired) electrons. The molecule has 108 valence electrons. The molecule has 0 saturated carbocycles. The number of rotatable bonds is 7. The fourth-order valence-electron chi connectivity index (χ4n) is 2.05. The monoisotopic (exact) mass is 346 g/mol. The highest BCUT2D eigenvalue weighted by Gasteiger charge is 2.12. The van der Waals surface area contributed by atoms with E-state index >= 15 is 0 Å². The Morgan fingerprint density at radius 2 is 2.00 bits per heavy atom. The summed E-state index contributed by atoms with van der Waals surface area (Å²) in [6, 6.07) is 6.67. The van der Waals surface area contributed by atoms with Gasteiger partial charge in [-0.1, -0.05) is 31.5 Å². The van der Waals surface area contributed by atoms with Gasteiger partial charge in [0.1, 0.15) is 0 Å². The van der Waals surface area contributed by atoms with E-state index in [0.29, 0.717) is 6.04 Å². The van der Waals surface area contributed by atoms with E-state index in [1.54, 1.807) is 0 Å². The van der Waals surface area contributed by atoms with E-state index in [-0.39, 0.29) is 0 Å². The maximum Gasteiger partial charge on any atom is 0.0551 e. The van der Waals surface area contributed by atoms with Gasteiger partial charge < -0.3 is 10.2 Å². The lowest BCUT2D eigenvalue weighted by Gasteiger charge is -2.26. The predicted octanol–water partition coefficient (Wildman–Crippen LogP) is 4.17. The van der Waals surface area contributed by atoms with Gasteiger partial charge in [-0.15, -0.1) is 0 Å². The summed E-state index contributed by atoms with van der Waals surface area (Å²) in [7, 11) is 4.29. The first-order valence-corrected chi connectivity index (χ1v) is 7.88. The van der Waals surface area contributed by atoms with Crippen molar-refractivity contribution in [3.05, 3.63) is 33.3 Å². The molecule has 0 spiro atoms. The average molecular weight is 348 g/mol. The molecule has 2 nitrogen and oxygen atoms in total. The van der Waals surface area contributed by atoms with Crippen LogP contribution in [0.5, 0.6) is 0 Å². The van der Waals surface area contributed by atoms with Crippen LogP contribution in [0.15, 0.2) is 22.7 Å². The van der Waals surface area contributed by atoms with Gasteiger partial charge in [0, 0.05) is 23.6 Å². The van der Waals surface area contributed by atoms with E-state index in [0.717, 1.165) is 28.5 Å². The number of nitrogens with one attached hydrogen (secondary N) is 1. The SMILES string of the molecule is CC(C)CC(CNCc1ccc(Br)c(Cl)c1)N(C)C. The van der Waals surface area contributed by atoms with Crippen molar-refractivity contribution in [2.45, 2.75) is 32.9 Å². The molecule has 0 saturated heterocycles. The van der Waals surface area contributed by atoms with Crippen molar-refractivity contribution in [2.24, 2.45) is 5.92 Å². The fraction of sp³-hybridized carbons (Fsp3) is 0.600. The van der Waals surface area contributed by atoms with Gasteiger partial charge in [0.15, 0.2) is 0 Å². The fourth-order valence-corrected chi connectivity index (χ4v) is 2.50. The van der Waals surface area contributed by atoms with Gasteiger partial charge in [-0.2, -0.15) is 0 Å². The van der Waals surface area contributed by atoms with Crippen molar-refractivity contribution >= 4 is 27.5 Å². The van der Waals surface area contributed by atoms with Crippen LogP contribution in [-0.2, 0) is 6.54 Å². The molecule has 0 aromatic heterocycles. The van der Waals surface area contributed by atoms with Crippen molar-refractivity contribution < 1.29 is 0 Å². The normalized spacial score (nSPS) is 13.3. The first-order chi connectivity index (χ1) is 8.90. The Morgan fingerprint density at radius 3 is 2.53 bits per heavy atom. The van der Waals surface area contributed by atoms with Gasteiger partial charge in [-0.25, -0.2) is 0 Å². The van der Waals surface area contributed by atoms with E-state index in [4.69, 9.17) is 11.6 Å². The maximum atomic E-state index is 6.09. The van der Waals surface area contributed by atoms with E-state index in [9.17, 15) is 0 Å². The Bertz CT molecular complexity index is 394. The Kier molecular flexibility index (Phi) is 7.37. The number of hydrogen-bond acceptors (Lipinski definition) is 2. The molecule has 0 fully saturated rings. The van der Waals surface area contributed by atoms with E-state index in [1.807, 2.05) is 12.1 Å². The number of benzene rings is 1. The summed E-state index contributed by atoms with van der Waals surface area (Å²) in [6.07, 6.45) is 1.21. The first kappa shape index (κ1) is 17.0. The Hall–Kier alpha value is -0.0900. The molecule has 1 atom stereocenters. The van der Waals surface area contributed by atoms with E-state index in [2.05, 4.69) is 60.2 Å². The van der Waals surface area contributed by atoms with Crippen LogP contribution in [0.2, 0.25) is 5.02 Å². The summed E-state index contributed by atoms with van der Waals surface area (Å²) in [4.78, 5) is 2.29. The summed E-state index contributed by atoms with van der Waals surface area (Å²) in [5.74, 6) is 0.719. The van der Waals surface area contributed by atoms with Gasteiger partial charge in [-0.3, -0.25) is 0 Å². The molecule has 1 unspecified atom stereocenters. The zero-order valence-corrected chi connectivity index (χ0v) is 14.6. The van der Waals surface area contributed by atoms with Crippen molar-refractivity contribution in [1.29, 1.82) is 0 Å². The lowest BCUT2D eigenvalue weighted by Crippen LogP contribution is -2.38. The Balaban J connectivity index is 2.45. The molecule has 0 heterocycles. The van der Waals surface area contributed by atoms with Crippen LogP contribution < -0.4 is 5.32 Å². The van der Waals surface area contributed by atoms with Crippen molar-refractivity contribution in [3.8, 4) is 0 Å². The third-order valence-electron chi connectivity index (χ3n) is 3.17. The summed E-state index contributed by atoms with van der Waals surface area (Å²) in [6.45, 7) is 6.39. The average Bonchev–Trinajstić information content (AvgIpc) is 2.31. The van der Waals surface area contributed by atoms with Gasteiger partial charge >= 0.3 is 0 Å². The van der Waals surface area contributed by atoms with Gasteiger partial charge in [0.2, 0.25) is 0 Å². The topological polar surface area (TPSA) is 15.3 Å². The highest BCUT2D eigenvalue weighted by atomic mass is 79.9. The van der Waals surface area contributed by atoms with Crippen LogP contribution in [0.25, 0.3) is 0 Å². The standard InChI is InChI=1S/C15H24BrClN2/c1-11(2)7-13(19(3)4)10-18-9-12-5-6-14(16)15(17)8-12/h5-6,8,11,13,18H,7,9-10H2,1-4H3. The molecular weight excluding hydrogens is 324 g/mol. The number of halogens is 2. The highest BCUT2D eigenvalue weighted by Crippen LogP contribution is 2.23. The largest absolute Gasteiger partial charge is 0.311 e. The minimum atomic E-state index is 0.575. The van der Waals surface area contributed by atoms with Crippen LogP contribution in [0.1, 0.15) is 25.8 Å². The minimum absolute atomic E-state index is 0.575. The summed E-state index contributed by atoms with van der Waals surface area (Å²) in [5.41, 5.74) is 1.22. The number of likely N-dealkylation sites (N-methyl/N-ethyl adjacent to an activating group) is 1. The molecule has 0 aliphatic carbocycles. The van der Waals surface area contributed by atoms with Gasteiger partial charge in [0.25, 0.3) is 0 Å². The third-order valence-corrected chi connectivity index (χ3v) is 4.40. The van der Waals surface area contributed by atoms with Crippen LogP contribution in [0, 0.1) is 5.92 Å². The molecule has 1 rings (SSSR count). The Labute approximate surface area is 130 Å². The minimum Gasteiger partial charge on any atom is -0.311 e. The lowest BCUT2D eigenvalue weighted by atomic mass is 10.0. The molecule has 19 heavy (non-hydrogen) atoms. The smallest absolute Gasteiger partial charge is 0.0551 e. The van der Waals surface area contributed by atoms with Crippen LogP contribution in [0.3, 0.4) is 0 Å². The van der Waals surface area contributed by atoms with Crippen LogP contribution in [0.4, 0.5) is 0 Å². The zero-order valence-electron chi connectivity index (χ0n) is 12.2. The van der Waals surface area contributed by atoms with E-state index in [1.165, 1.54) is 12.0 Å². The molecule has 1 aromatic carbocycles. The number of hydrogen-bond donors (Lipinski definition) is 1. The quantitative estimate of drug-likeness (QED) is 0.796. The van der Waals surface area contributed by atoms with Gasteiger partial charge in [-0.05, 0) is 60.1 Å². The molecule has 0 aliphatic rings. The second kappa shape index (κ2) is 8.25. The summed E-state index contributed by atoms with van der Waals surface area (Å²) < 4.78 is 0.948. The van der Waals surface area contributed by atoms with Crippen molar-refractivity contribution in [2.75, 3.05) is 20.6 Å². The van der Waals surface area contributed by atoms with Crippen molar-refractivity contribution in [1.82, 2.24) is 10.2 Å². The molecule has 4 heteroatoms. The zero-order chi connectivity index (χ0) is 14.4. The van der Waals surface area contributed by atoms with Crippen LogP contribution >= 0.6 is 27.5 Å². The van der Waals surface area contributed by atoms with Gasteiger partial charge in [0.05, 0.1) is 5.02 Å². The van der Waals surface area contributed by atoms with Crippen molar-refractivity contribution in [3.63, 3.8) is 0 Å². The number of nitrogens with zero attached hydrogens (tertiary/aromatic N) is 1. The molecule has 1 aromatic rings. The molecule has 1 N–H and O–H groups in total. The molecule has 0 amide bonds. The second-order valence-corrected chi connectivity index (χ2v) is 6.89. The lowest BCUT2D eigenvalue weighted by molar-refractivity contribution is 0.246. The van der Waals surface area contributed by atoms with Crippen LogP contribution in [-0.4, -0.2) is 31.6 Å². The molecular formula is C15H24BrClN2. The molecule has 0 aliphatic heterocycles. The second-order valence-electron chi connectivity index (χ2n) is 5.63. The molecule has 0 bridgehead atoms. The maximum absolute atomic E-state index is 6.09.